The summed E-state index contributed by atoms with van der Waals surface area (Å²) in [7, 11) is 1.27. The molecule has 0 radical (unpaired) electrons. The predicted molar refractivity (Wildman–Crippen MR) is 114 cm³/mol. The molecule has 34 heavy (non-hydrogen) atoms. The Morgan fingerprint density at radius 1 is 0.941 bits per heavy atom. The summed E-state index contributed by atoms with van der Waals surface area (Å²) in [6.45, 7) is -0.658. The van der Waals surface area contributed by atoms with Gasteiger partial charge in [-0.05, 0) is 12.1 Å². The molecule has 12 nitrogen and oxygen atoms in total. The SMILES string of the molecule is COc1cc(-c2cc(=O)c3c(O)cc(O[C@@H]4O[C@H](CO)[C@@H](O)[C@H](O)[C@H]4O)cc3o2)cc(O)c1O. The minimum Gasteiger partial charge on any atom is -0.507 e. The molecule has 0 amide bonds. The number of rotatable bonds is 5. The molecule has 5 atom stereocenters. The molecule has 0 unspecified atom stereocenters. The van der Waals surface area contributed by atoms with Gasteiger partial charge in [-0.15, -0.1) is 0 Å². The Hall–Kier alpha value is -3.55. The number of methoxy groups -OCH3 is 1. The zero-order chi connectivity index (χ0) is 24.7. The Kier molecular flexibility index (Phi) is 6.25. The molecule has 182 valence electrons. The number of fused-ring (bicyclic) bond motifs is 1. The summed E-state index contributed by atoms with van der Waals surface area (Å²) in [4.78, 5) is 12.7. The lowest BCUT2D eigenvalue weighted by Crippen LogP contribution is -2.60. The van der Waals surface area contributed by atoms with Crippen LogP contribution in [0.5, 0.6) is 28.7 Å². The summed E-state index contributed by atoms with van der Waals surface area (Å²) in [5.74, 6) is -1.75. The summed E-state index contributed by atoms with van der Waals surface area (Å²) >= 11 is 0. The number of hydrogen-bond donors (Lipinski definition) is 7. The van der Waals surface area contributed by atoms with Crippen LogP contribution in [0, 0.1) is 0 Å². The van der Waals surface area contributed by atoms with Gasteiger partial charge < -0.3 is 54.4 Å². The van der Waals surface area contributed by atoms with Crippen LogP contribution < -0.4 is 14.9 Å². The molecule has 4 rings (SSSR count). The molecule has 0 bridgehead atoms. The first-order valence-electron chi connectivity index (χ1n) is 10.0. The fraction of sp³-hybridized carbons (Fsp3) is 0.318. The summed E-state index contributed by atoms with van der Waals surface area (Å²) < 4.78 is 21.5. The molecule has 0 spiro atoms. The second-order valence-corrected chi connectivity index (χ2v) is 7.65. The molecule has 1 saturated heterocycles. The number of aliphatic hydroxyl groups excluding tert-OH is 4. The third kappa shape index (κ3) is 4.08. The molecule has 1 aliphatic heterocycles. The Morgan fingerprint density at radius 2 is 1.68 bits per heavy atom. The number of ether oxygens (including phenoxy) is 3. The molecule has 1 aliphatic rings. The first-order chi connectivity index (χ1) is 16.1. The molecule has 1 aromatic heterocycles. The van der Waals surface area contributed by atoms with Crippen LogP contribution in [0.1, 0.15) is 0 Å². The number of phenols is 3. The summed E-state index contributed by atoms with van der Waals surface area (Å²) in [6.07, 6.45) is -7.68. The van der Waals surface area contributed by atoms with Gasteiger partial charge in [-0.3, -0.25) is 4.79 Å². The second-order valence-electron chi connectivity index (χ2n) is 7.65. The zero-order valence-electron chi connectivity index (χ0n) is 17.7. The Balaban J connectivity index is 1.74. The lowest BCUT2D eigenvalue weighted by atomic mass is 9.99. The molecule has 1 fully saturated rings. The topological polar surface area (TPSA) is 200 Å². The van der Waals surface area contributed by atoms with Gasteiger partial charge in [0.2, 0.25) is 12.0 Å². The van der Waals surface area contributed by atoms with Gasteiger partial charge in [-0.2, -0.15) is 0 Å². The smallest absolute Gasteiger partial charge is 0.229 e. The van der Waals surface area contributed by atoms with Crippen molar-refractivity contribution in [2.24, 2.45) is 0 Å². The van der Waals surface area contributed by atoms with Crippen LogP contribution in [0.25, 0.3) is 22.3 Å². The first kappa shape index (κ1) is 23.6. The van der Waals surface area contributed by atoms with Crippen molar-refractivity contribution in [3.8, 4) is 40.1 Å². The summed E-state index contributed by atoms with van der Waals surface area (Å²) in [6, 6.07) is 5.84. The van der Waals surface area contributed by atoms with Crippen LogP contribution in [-0.2, 0) is 4.74 Å². The van der Waals surface area contributed by atoms with E-state index in [1.807, 2.05) is 0 Å². The summed E-state index contributed by atoms with van der Waals surface area (Å²) in [5, 5.41) is 69.2. The third-order valence-corrected chi connectivity index (χ3v) is 5.44. The van der Waals surface area contributed by atoms with Gasteiger partial charge in [0.25, 0.3) is 0 Å². The second kappa shape index (κ2) is 9.00. The summed E-state index contributed by atoms with van der Waals surface area (Å²) in [5.41, 5.74) is -0.570. The Bertz CT molecular complexity index is 1270. The number of hydrogen-bond acceptors (Lipinski definition) is 12. The number of benzene rings is 2. The van der Waals surface area contributed by atoms with Crippen molar-refractivity contribution < 1.29 is 54.4 Å². The highest BCUT2D eigenvalue weighted by molar-refractivity contribution is 5.86. The minimum atomic E-state index is -1.69. The molecular formula is C22H22O12. The zero-order valence-corrected chi connectivity index (χ0v) is 17.7. The minimum absolute atomic E-state index is 0.0320. The Labute approximate surface area is 191 Å². The maximum Gasteiger partial charge on any atom is 0.229 e. The fourth-order valence-electron chi connectivity index (χ4n) is 3.64. The lowest BCUT2D eigenvalue weighted by Gasteiger charge is -2.39. The van der Waals surface area contributed by atoms with E-state index in [0.29, 0.717) is 0 Å². The van der Waals surface area contributed by atoms with E-state index < -0.39 is 60.0 Å². The maximum atomic E-state index is 12.7. The van der Waals surface area contributed by atoms with E-state index in [4.69, 9.17) is 18.6 Å². The fourth-order valence-corrected chi connectivity index (χ4v) is 3.64. The number of phenolic OH excluding ortho intramolecular Hbond substituents is 3. The van der Waals surface area contributed by atoms with Crippen molar-refractivity contribution in [2.45, 2.75) is 30.7 Å². The molecule has 7 N–H and O–H groups in total. The van der Waals surface area contributed by atoms with E-state index in [-0.39, 0.29) is 33.8 Å². The van der Waals surface area contributed by atoms with Gasteiger partial charge in [-0.1, -0.05) is 0 Å². The van der Waals surface area contributed by atoms with Crippen molar-refractivity contribution in [3.05, 3.63) is 40.6 Å². The highest BCUT2D eigenvalue weighted by atomic mass is 16.7. The van der Waals surface area contributed by atoms with Crippen molar-refractivity contribution in [1.29, 1.82) is 0 Å². The highest BCUT2D eigenvalue weighted by Gasteiger charge is 2.44. The van der Waals surface area contributed by atoms with Gasteiger partial charge in [0.15, 0.2) is 16.9 Å². The van der Waals surface area contributed by atoms with Crippen LogP contribution in [0.3, 0.4) is 0 Å². The van der Waals surface area contributed by atoms with E-state index in [0.717, 1.165) is 18.2 Å². The normalized spacial score (nSPS) is 24.8. The maximum absolute atomic E-state index is 12.7. The standard InChI is InChI=1S/C22H22O12/c1-31-15-3-8(2-12(26)18(15)27)13-6-11(25)17-10(24)4-9(5-14(17)33-13)32-22-21(30)20(29)19(28)16(7-23)34-22/h2-6,16,19-24,26-30H,7H2,1H3/t16-,19-,20+,21-,22-/m1/s1. The Morgan fingerprint density at radius 3 is 2.35 bits per heavy atom. The van der Waals surface area contributed by atoms with Crippen LogP contribution in [0.15, 0.2) is 39.5 Å². The third-order valence-electron chi connectivity index (χ3n) is 5.44. The lowest BCUT2D eigenvalue weighted by molar-refractivity contribution is -0.277. The van der Waals surface area contributed by atoms with Crippen molar-refractivity contribution in [3.63, 3.8) is 0 Å². The number of aliphatic hydroxyl groups is 4. The molecule has 0 saturated carbocycles. The predicted octanol–water partition coefficient (Wildman–Crippen LogP) is -0.236. The van der Waals surface area contributed by atoms with E-state index in [2.05, 4.69) is 0 Å². The van der Waals surface area contributed by atoms with Crippen molar-refractivity contribution >= 4 is 11.0 Å². The quantitative estimate of drug-likeness (QED) is 0.238. The molecule has 0 aliphatic carbocycles. The number of aromatic hydroxyl groups is 3. The van der Waals surface area contributed by atoms with Crippen molar-refractivity contribution in [2.75, 3.05) is 13.7 Å². The van der Waals surface area contributed by atoms with Crippen LogP contribution in [0.2, 0.25) is 0 Å². The van der Waals surface area contributed by atoms with Crippen LogP contribution in [-0.4, -0.2) is 80.2 Å². The van der Waals surface area contributed by atoms with E-state index >= 15 is 0 Å². The average Bonchev–Trinajstić information content (AvgIpc) is 2.80. The highest BCUT2D eigenvalue weighted by Crippen LogP contribution is 2.40. The van der Waals surface area contributed by atoms with E-state index in [1.165, 1.54) is 19.2 Å². The van der Waals surface area contributed by atoms with Gasteiger partial charge in [-0.25, -0.2) is 0 Å². The largest absolute Gasteiger partial charge is 0.507 e. The first-order valence-corrected chi connectivity index (χ1v) is 10.0. The average molecular weight is 478 g/mol. The molecular weight excluding hydrogens is 456 g/mol. The monoisotopic (exact) mass is 478 g/mol. The van der Waals surface area contributed by atoms with E-state index in [1.54, 1.807) is 0 Å². The van der Waals surface area contributed by atoms with Crippen LogP contribution in [0.4, 0.5) is 0 Å². The van der Waals surface area contributed by atoms with Gasteiger partial charge in [0.05, 0.1) is 13.7 Å². The van der Waals surface area contributed by atoms with Crippen molar-refractivity contribution in [1.82, 2.24) is 0 Å². The van der Waals surface area contributed by atoms with Gasteiger partial charge >= 0.3 is 0 Å². The van der Waals surface area contributed by atoms with Gasteiger partial charge in [0.1, 0.15) is 52.6 Å². The molecule has 2 heterocycles. The van der Waals surface area contributed by atoms with E-state index in [9.17, 15) is 40.5 Å². The molecule has 2 aromatic carbocycles. The molecule has 12 heteroatoms. The van der Waals surface area contributed by atoms with Gasteiger partial charge in [0, 0.05) is 23.8 Å². The van der Waals surface area contributed by atoms with Crippen LogP contribution >= 0.6 is 0 Å². The molecule has 3 aromatic rings.